The van der Waals surface area contributed by atoms with E-state index >= 15 is 0 Å². The quantitative estimate of drug-likeness (QED) is 0.0652. The molecule has 0 amide bonds. The standard InChI is InChI=1S/C20H34O2.C20H32O2/c2*1-2-3-4-5-6-7-8-9-10-11-12-13-14-15-16-17-18-19-20(21)22/h6-7,9-10,17-18H,2-5,8,11-16,19H2,1H3,(H,21,22);6-7,9-10,12-13,15-16H,2-5,8,11,14,17-19H2,1H3,(H,21,22)/b;7-6-,10-9-,13-12-,16-15-. The molecule has 0 aliphatic rings. The van der Waals surface area contributed by atoms with Crippen LogP contribution in [0.2, 0.25) is 0 Å². The number of carboxylic acids is 2. The molecule has 0 rings (SSSR count). The van der Waals surface area contributed by atoms with Gasteiger partial charge in [-0.3, -0.25) is 9.59 Å². The zero-order chi connectivity index (χ0) is 32.6. The van der Waals surface area contributed by atoms with Crippen molar-refractivity contribution in [1.29, 1.82) is 0 Å². The second-order valence-corrected chi connectivity index (χ2v) is 11.1. The van der Waals surface area contributed by atoms with Crippen LogP contribution in [0.3, 0.4) is 0 Å². The van der Waals surface area contributed by atoms with Gasteiger partial charge in [0.05, 0.1) is 6.42 Å². The topological polar surface area (TPSA) is 74.6 Å². The predicted octanol–water partition coefficient (Wildman–Crippen LogP) is 12.7. The smallest absolute Gasteiger partial charge is 0.307 e. The maximum Gasteiger partial charge on any atom is 0.307 e. The Labute approximate surface area is 271 Å². The van der Waals surface area contributed by atoms with Crippen LogP contribution in [0, 0.1) is 0 Å². The van der Waals surface area contributed by atoms with E-state index in [9.17, 15) is 9.59 Å². The molecule has 4 nitrogen and oxygen atoms in total. The molecule has 0 saturated carbocycles. The highest BCUT2D eigenvalue weighted by Crippen LogP contribution is 2.07. The van der Waals surface area contributed by atoms with Gasteiger partial charge < -0.3 is 10.2 Å². The molecule has 0 saturated heterocycles. The lowest BCUT2D eigenvalue weighted by Gasteiger charge is -1.96. The van der Waals surface area contributed by atoms with Crippen LogP contribution in [0.4, 0.5) is 0 Å². The molecule has 0 aromatic carbocycles. The average Bonchev–Trinajstić information content (AvgIpc) is 3.00. The molecule has 0 radical (unpaired) electrons. The second kappa shape index (κ2) is 40.1. The van der Waals surface area contributed by atoms with Crippen molar-refractivity contribution in [2.75, 3.05) is 0 Å². The van der Waals surface area contributed by atoms with E-state index in [2.05, 4.69) is 86.8 Å². The van der Waals surface area contributed by atoms with Gasteiger partial charge >= 0.3 is 11.9 Å². The van der Waals surface area contributed by atoms with Crippen molar-refractivity contribution in [3.63, 3.8) is 0 Å². The van der Waals surface area contributed by atoms with Crippen molar-refractivity contribution >= 4 is 11.9 Å². The number of unbranched alkanes of at least 4 members (excludes halogenated alkanes) is 12. The molecule has 0 aliphatic carbocycles. The van der Waals surface area contributed by atoms with Gasteiger partial charge in [0.15, 0.2) is 0 Å². The Morgan fingerprint density at radius 2 is 0.705 bits per heavy atom. The minimum absolute atomic E-state index is 0.151. The summed E-state index contributed by atoms with van der Waals surface area (Å²) in [4.78, 5) is 20.6. The molecule has 0 heterocycles. The van der Waals surface area contributed by atoms with Crippen molar-refractivity contribution in [2.24, 2.45) is 0 Å². The summed E-state index contributed by atoms with van der Waals surface area (Å²) >= 11 is 0. The van der Waals surface area contributed by atoms with E-state index in [0.29, 0.717) is 0 Å². The largest absolute Gasteiger partial charge is 0.481 e. The van der Waals surface area contributed by atoms with Crippen LogP contribution < -0.4 is 0 Å². The lowest BCUT2D eigenvalue weighted by atomic mass is 10.1. The van der Waals surface area contributed by atoms with Crippen LogP contribution >= 0.6 is 0 Å². The lowest BCUT2D eigenvalue weighted by molar-refractivity contribution is -0.137. The Bertz CT molecular complexity index is 826. The predicted molar refractivity (Wildman–Crippen MR) is 192 cm³/mol. The zero-order valence-corrected chi connectivity index (χ0v) is 28.4. The molecule has 0 atom stereocenters. The highest BCUT2D eigenvalue weighted by atomic mass is 16.4. The van der Waals surface area contributed by atoms with E-state index < -0.39 is 11.9 Å². The Morgan fingerprint density at radius 1 is 0.386 bits per heavy atom. The third-order valence-corrected chi connectivity index (χ3v) is 6.75. The summed E-state index contributed by atoms with van der Waals surface area (Å²) in [7, 11) is 0. The van der Waals surface area contributed by atoms with Crippen molar-refractivity contribution in [1.82, 2.24) is 0 Å². The first kappa shape index (κ1) is 43.2. The lowest BCUT2D eigenvalue weighted by Crippen LogP contribution is -1.92. The monoisotopic (exact) mass is 610 g/mol. The Hall–Kier alpha value is -2.88. The molecule has 44 heavy (non-hydrogen) atoms. The molecule has 0 spiro atoms. The van der Waals surface area contributed by atoms with Gasteiger partial charge in [0, 0.05) is 6.42 Å². The van der Waals surface area contributed by atoms with Gasteiger partial charge in [0.2, 0.25) is 0 Å². The Morgan fingerprint density at radius 3 is 1.05 bits per heavy atom. The third kappa shape index (κ3) is 46.1. The summed E-state index contributed by atoms with van der Waals surface area (Å²) in [6.45, 7) is 4.47. The fraction of sp³-hybridized carbons (Fsp3) is 0.600. The van der Waals surface area contributed by atoms with Gasteiger partial charge in [0.25, 0.3) is 0 Å². The van der Waals surface area contributed by atoms with Crippen LogP contribution in [0.5, 0.6) is 0 Å². The number of allylic oxidation sites excluding steroid dienone is 13. The van der Waals surface area contributed by atoms with Crippen LogP contribution in [-0.2, 0) is 9.59 Å². The van der Waals surface area contributed by atoms with E-state index in [1.54, 1.807) is 6.08 Å². The van der Waals surface area contributed by atoms with Gasteiger partial charge in [-0.05, 0) is 89.9 Å². The highest BCUT2D eigenvalue weighted by Gasteiger charge is 1.93. The van der Waals surface area contributed by atoms with E-state index in [0.717, 1.165) is 44.9 Å². The SMILES string of the molecule is CCCCC/C=C\C/C=C\C/C=C\C/C=C\CCCC(=O)O.CCCCCC=CCC=CCCCCCCC=CCC(=O)O. The average molecular weight is 611 g/mol. The Kier molecular flexibility index (Phi) is 39.4. The summed E-state index contributed by atoms with van der Waals surface area (Å²) in [5.41, 5.74) is 0. The normalized spacial score (nSPS) is 12.2. The maximum atomic E-state index is 10.3. The molecule has 2 N–H and O–H groups in total. The van der Waals surface area contributed by atoms with Gasteiger partial charge in [0.1, 0.15) is 0 Å². The minimum Gasteiger partial charge on any atom is -0.481 e. The molecular formula is C40H66O4. The first-order valence-electron chi connectivity index (χ1n) is 17.5. The molecule has 4 heteroatoms. The number of hydrogen-bond donors (Lipinski definition) is 2. The highest BCUT2D eigenvalue weighted by molar-refractivity contribution is 5.68. The molecule has 0 aliphatic heterocycles. The number of carboxylic acid groups (broad SMARTS) is 2. The molecule has 0 aromatic heterocycles. The molecule has 0 aromatic rings. The van der Waals surface area contributed by atoms with Gasteiger partial charge in [-0.2, -0.15) is 0 Å². The second-order valence-electron chi connectivity index (χ2n) is 11.1. The van der Waals surface area contributed by atoms with Crippen LogP contribution in [0.15, 0.2) is 85.1 Å². The van der Waals surface area contributed by atoms with Crippen molar-refractivity contribution in [2.45, 2.75) is 155 Å². The van der Waals surface area contributed by atoms with E-state index in [1.165, 1.54) is 83.5 Å². The molecule has 0 fully saturated rings. The number of aliphatic carboxylic acids is 2. The summed E-state index contributed by atoms with van der Waals surface area (Å²) in [5, 5.41) is 17.0. The first-order valence-corrected chi connectivity index (χ1v) is 17.5. The summed E-state index contributed by atoms with van der Waals surface area (Å²) in [6, 6.07) is 0. The molecule has 0 bridgehead atoms. The van der Waals surface area contributed by atoms with Gasteiger partial charge in [-0.25, -0.2) is 0 Å². The number of hydrogen-bond acceptors (Lipinski definition) is 2. The first-order chi connectivity index (χ1) is 21.5. The van der Waals surface area contributed by atoms with E-state index in [4.69, 9.17) is 10.2 Å². The van der Waals surface area contributed by atoms with E-state index in [-0.39, 0.29) is 12.8 Å². The van der Waals surface area contributed by atoms with Gasteiger partial charge in [-0.1, -0.05) is 137 Å². The van der Waals surface area contributed by atoms with Crippen molar-refractivity contribution in [3.05, 3.63) is 85.1 Å². The van der Waals surface area contributed by atoms with Crippen molar-refractivity contribution < 1.29 is 19.8 Å². The van der Waals surface area contributed by atoms with Crippen LogP contribution in [0.25, 0.3) is 0 Å². The summed E-state index contributed by atoms with van der Waals surface area (Å²) < 4.78 is 0. The molecular weight excluding hydrogens is 544 g/mol. The summed E-state index contributed by atoms with van der Waals surface area (Å²) in [5.74, 6) is -1.46. The maximum absolute atomic E-state index is 10.3. The minimum atomic E-state index is -0.751. The molecule has 0 unspecified atom stereocenters. The Balaban J connectivity index is 0. The fourth-order valence-electron chi connectivity index (χ4n) is 4.13. The summed E-state index contributed by atoms with van der Waals surface area (Å²) in [6.07, 6.45) is 53.7. The molecule has 250 valence electrons. The van der Waals surface area contributed by atoms with Crippen LogP contribution in [-0.4, -0.2) is 22.2 Å². The van der Waals surface area contributed by atoms with E-state index in [1.807, 2.05) is 6.08 Å². The van der Waals surface area contributed by atoms with Gasteiger partial charge in [-0.15, -0.1) is 0 Å². The fourth-order valence-corrected chi connectivity index (χ4v) is 4.13. The zero-order valence-electron chi connectivity index (χ0n) is 28.4. The number of rotatable bonds is 29. The van der Waals surface area contributed by atoms with Crippen molar-refractivity contribution in [3.8, 4) is 0 Å². The number of carbonyl (C=O) groups is 2. The third-order valence-electron chi connectivity index (χ3n) is 6.75. The van der Waals surface area contributed by atoms with Crippen LogP contribution in [0.1, 0.15) is 155 Å².